The summed E-state index contributed by atoms with van der Waals surface area (Å²) in [7, 11) is 0. The van der Waals surface area contributed by atoms with E-state index in [1.54, 1.807) is 13.0 Å². The van der Waals surface area contributed by atoms with Crippen LogP contribution in [-0.4, -0.2) is 20.9 Å². The molecule has 0 bridgehead atoms. The van der Waals surface area contributed by atoms with Gasteiger partial charge in [0.05, 0.1) is 17.7 Å². The van der Waals surface area contributed by atoms with Crippen molar-refractivity contribution in [2.24, 2.45) is 0 Å². The number of H-pyrrole nitrogens is 1. The summed E-state index contributed by atoms with van der Waals surface area (Å²) >= 11 is 0. The number of nitrogens with zero attached hydrogens (tertiary/aromatic N) is 1. The molecule has 0 unspecified atom stereocenters. The molecule has 102 valence electrons. The summed E-state index contributed by atoms with van der Waals surface area (Å²) in [4.78, 5) is 22.6. The molecule has 5 nitrogen and oxygen atoms in total. The number of aryl methyl sites for hydroxylation is 1. The number of aromatic amines is 1. The predicted octanol–water partition coefficient (Wildman–Crippen LogP) is 1.66. The molecule has 0 aliphatic carbocycles. The van der Waals surface area contributed by atoms with Gasteiger partial charge in [-0.3, -0.25) is 14.7 Å². The maximum absolute atomic E-state index is 13.1. The first-order valence-corrected chi connectivity index (χ1v) is 5.27. The van der Waals surface area contributed by atoms with Crippen LogP contribution in [-0.2, 0) is 11.2 Å². The summed E-state index contributed by atoms with van der Waals surface area (Å²) in [6.45, 7) is 1.61. The van der Waals surface area contributed by atoms with Gasteiger partial charge in [0.25, 0.3) is 5.56 Å². The first kappa shape index (κ1) is 15.0. The number of aliphatic carboxylic acids is 1. The summed E-state index contributed by atoms with van der Waals surface area (Å²) in [5.41, 5.74) is 0.499. The van der Waals surface area contributed by atoms with Gasteiger partial charge in [-0.05, 0) is 25.1 Å². The molecule has 7 heteroatoms. The van der Waals surface area contributed by atoms with E-state index in [4.69, 9.17) is 5.11 Å². The number of carbonyl (C=O) groups is 1. The standard InChI is InChI=1S/C12H11FN2O3.ClH/c1-7-10(6-11(16)17)12(18)15(14-7)9-4-2-3-8(13)5-9;/h2-5,14H,6H2,1H3,(H,16,17);1H. The number of rotatable bonds is 3. The molecular weight excluding hydrogens is 275 g/mol. The van der Waals surface area contributed by atoms with Gasteiger partial charge in [0, 0.05) is 5.69 Å². The van der Waals surface area contributed by atoms with Crippen LogP contribution in [0, 0.1) is 12.7 Å². The van der Waals surface area contributed by atoms with Gasteiger partial charge in [-0.25, -0.2) is 9.07 Å². The largest absolute Gasteiger partial charge is 0.481 e. The van der Waals surface area contributed by atoms with E-state index in [0.29, 0.717) is 11.4 Å². The van der Waals surface area contributed by atoms with E-state index in [0.717, 1.165) is 4.68 Å². The van der Waals surface area contributed by atoms with Crippen molar-refractivity contribution in [2.45, 2.75) is 13.3 Å². The molecule has 0 amide bonds. The first-order chi connectivity index (χ1) is 8.49. The fourth-order valence-electron chi connectivity index (χ4n) is 1.74. The van der Waals surface area contributed by atoms with E-state index in [9.17, 15) is 14.0 Å². The highest BCUT2D eigenvalue weighted by Gasteiger charge is 2.15. The number of aromatic nitrogens is 2. The molecule has 0 radical (unpaired) electrons. The maximum Gasteiger partial charge on any atom is 0.308 e. The summed E-state index contributed by atoms with van der Waals surface area (Å²) in [6.07, 6.45) is -0.358. The molecule has 1 aromatic heterocycles. The van der Waals surface area contributed by atoms with Crippen LogP contribution < -0.4 is 5.56 Å². The van der Waals surface area contributed by atoms with Crippen molar-refractivity contribution in [1.29, 1.82) is 0 Å². The number of carboxylic acid groups (broad SMARTS) is 1. The second-order valence-corrected chi connectivity index (χ2v) is 3.91. The van der Waals surface area contributed by atoms with Crippen LogP contribution >= 0.6 is 12.4 Å². The summed E-state index contributed by atoms with van der Waals surface area (Å²) in [6, 6.07) is 5.50. The molecule has 0 saturated carbocycles. The molecule has 0 fully saturated rings. The van der Waals surface area contributed by atoms with Crippen LogP contribution in [0.2, 0.25) is 0 Å². The van der Waals surface area contributed by atoms with E-state index >= 15 is 0 Å². The van der Waals surface area contributed by atoms with Gasteiger partial charge in [-0.2, -0.15) is 0 Å². The van der Waals surface area contributed by atoms with Crippen LogP contribution in [0.25, 0.3) is 5.69 Å². The van der Waals surface area contributed by atoms with Gasteiger partial charge >= 0.3 is 5.97 Å². The zero-order valence-electron chi connectivity index (χ0n) is 10.0. The molecule has 0 aliphatic rings. The lowest BCUT2D eigenvalue weighted by Gasteiger charge is -2.00. The lowest BCUT2D eigenvalue weighted by Crippen LogP contribution is -2.19. The van der Waals surface area contributed by atoms with Crippen molar-refractivity contribution in [2.75, 3.05) is 0 Å². The fourth-order valence-corrected chi connectivity index (χ4v) is 1.74. The average Bonchev–Trinajstić information content (AvgIpc) is 2.56. The van der Waals surface area contributed by atoms with Crippen molar-refractivity contribution in [1.82, 2.24) is 9.78 Å². The molecule has 0 saturated heterocycles. The molecule has 2 N–H and O–H groups in total. The predicted molar refractivity (Wildman–Crippen MR) is 69.7 cm³/mol. The molecule has 19 heavy (non-hydrogen) atoms. The van der Waals surface area contributed by atoms with Crippen molar-refractivity contribution < 1.29 is 14.3 Å². The fraction of sp³-hybridized carbons (Fsp3) is 0.167. The highest BCUT2D eigenvalue weighted by Crippen LogP contribution is 2.09. The highest BCUT2D eigenvalue weighted by atomic mass is 35.5. The average molecular weight is 287 g/mol. The Morgan fingerprint density at radius 3 is 2.74 bits per heavy atom. The van der Waals surface area contributed by atoms with Crippen LogP contribution in [0.5, 0.6) is 0 Å². The summed E-state index contributed by atoms with van der Waals surface area (Å²) in [5, 5.41) is 11.5. The zero-order chi connectivity index (χ0) is 13.3. The van der Waals surface area contributed by atoms with E-state index < -0.39 is 17.3 Å². The van der Waals surface area contributed by atoms with Gasteiger partial charge in [0.2, 0.25) is 0 Å². The topological polar surface area (TPSA) is 75.1 Å². The minimum absolute atomic E-state index is 0. The van der Waals surface area contributed by atoms with Gasteiger partial charge in [-0.15, -0.1) is 12.4 Å². The van der Waals surface area contributed by atoms with Gasteiger partial charge in [0.15, 0.2) is 0 Å². The Bertz CT molecular complexity index is 663. The molecule has 2 aromatic rings. The number of hydrogen-bond donors (Lipinski definition) is 2. The molecule has 0 spiro atoms. The summed E-state index contributed by atoms with van der Waals surface area (Å²) in [5.74, 6) is -1.55. The Labute approximate surface area is 114 Å². The molecular formula is C12H12ClFN2O3. The lowest BCUT2D eigenvalue weighted by atomic mass is 10.2. The normalized spacial score (nSPS) is 10.0. The number of nitrogens with one attached hydrogen (secondary N) is 1. The Balaban J connectivity index is 0.00000180. The third-order valence-electron chi connectivity index (χ3n) is 2.59. The van der Waals surface area contributed by atoms with Crippen molar-refractivity contribution in [3.8, 4) is 5.69 Å². The second-order valence-electron chi connectivity index (χ2n) is 3.91. The van der Waals surface area contributed by atoms with Crippen molar-refractivity contribution in [3.63, 3.8) is 0 Å². The molecule has 0 aliphatic heterocycles. The third kappa shape index (κ3) is 3.03. The molecule has 1 aromatic carbocycles. The minimum Gasteiger partial charge on any atom is -0.481 e. The van der Waals surface area contributed by atoms with E-state index in [2.05, 4.69) is 5.10 Å². The van der Waals surface area contributed by atoms with E-state index in [-0.39, 0.29) is 24.4 Å². The molecule has 0 atom stereocenters. The van der Waals surface area contributed by atoms with E-state index in [1.807, 2.05) is 0 Å². The van der Waals surface area contributed by atoms with Gasteiger partial charge in [0.1, 0.15) is 5.82 Å². The second kappa shape index (κ2) is 5.71. The van der Waals surface area contributed by atoms with Crippen LogP contribution in [0.1, 0.15) is 11.3 Å². The number of hydrogen-bond acceptors (Lipinski definition) is 2. The minimum atomic E-state index is -1.08. The number of benzene rings is 1. The Morgan fingerprint density at radius 2 is 2.16 bits per heavy atom. The zero-order valence-corrected chi connectivity index (χ0v) is 10.8. The van der Waals surface area contributed by atoms with Crippen LogP contribution in [0.3, 0.4) is 0 Å². The lowest BCUT2D eigenvalue weighted by molar-refractivity contribution is -0.136. The monoisotopic (exact) mass is 286 g/mol. The van der Waals surface area contributed by atoms with Crippen LogP contribution in [0.15, 0.2) is 29.1 Å². The van der Waals surface area contributed by atoms with Crippen molar-refractivity contribution in [3.05, 3.63) is 51.7 Å². The Morgan fingerprint density at radius 1 is 1.47 bits per heavy atom. The molecule has 1 heterocycles. The number of carboxylic acids is 1. The maximum atomic E-state index is 13.1. The van der Waals surface area contributed by atoms with Gasteiger partial charge < -0.3 is 5.11 Å². The quantitative estimate of drug-likeness (QED) is 0.901. The molecule has 2 rings (SSSR count). The highest BCUT2D eigenvalue weighted by molar-refractivity contribution is 5.85. The first-order valence-electron chi connectivity index (χ1n) is 5.27. The SMILES string of the molecule is Cc1[nH]n(-c2cccc(F)c2)c(=O)c1CC(=O)O.Cl. The summed E-state index contributed by atoms with van der Waals surface area (Å²) < 4.78 is 14.2. The van der Waals surface area contributed by atoms with Crippen molar-refractivity contribution >= 4 is 18.4 Å². The number of halogens is 2. The van der Waals surface area contributed by atoms with Crippen LogP contribution in [0.4, 0.5) is 4.39 Å². The third-order valence-corrected chi connectivity index (χ3v) is 2.59. The van der Waals surface area contributed by atoms with Gasteiger partial charge in [-0.1, -0.05) is 6.07 Å². The van der Waals surface area contributed by atoms with E-state index in [1.165, 1.54) is 18.2 Å². The smallest absolute Gasteiger partial charge is 0.308 e. The Kier molecular flexibility index (Phi) is 4.50. The Hall–Kier alpha value is -2.08.